The number of nitrogens with zero attached hydrogens (tertiary/aromatic N) is 2. The van der Waals surface area contributed by atoms with Gasteiger partial charge in [-0.1, -0.05) is 12.1 Å². The largest absolute Gasteiger partial charge is 0.393 e. The predicted octanol–water partition coefficient (Wildman–Crippen LogP) is 2.15. The molecule has 1 N–H and O–H groups in total. The summed E-state index contributed by atoms with van der Waals surface area (Å²) in [5, 5.41) is 18.4. The molecule has 0 bridgehead atoms. The number of likely N-dealkylation sites (tertiary alicyclic amines) is 1. The molecule has 1 aromatic carbocycles. The molecule has 96 valence electrons. The second-order valence-electron chi connectivity index (χ2n) is 5.17. The number of nitriles is 1. The molecule has 0 aromatic heterocycles. The number of hydrogen-bond acceptors (Lipinski definition) is 3. The van der Waals surface area contributed by atoms with Crippen molar-refractivity contribution in [3.05, 3.63) is 35.4 Å². The highest BCUT2D eigenvalue weighted by Crippen LogP contribution is 2.21. The Hall–Kier alpha value is -1.37. The van der Waals surface area contributed by atoms with Crippen LogP contribution in [0.25, 0.3) is 0 Å². The van der Waals surface area contributed by atoms with Crippen LogP contribution in [0.5, 0.6) is 0 Å². The minimum Gasteiger partial charge on any atom is -0.393 e. The summed E-state index contributed by atoms with van der Waals surface area (Å²) in [6.45, 7) is 4.86. The SMILES string of the molecule is C[C@@H](O)C1CCN(Cc2cccc(C#N)c2)CC1. The number of benzene rings is 1. The Morgan fingerprint density at radius 2 is 2.17 bits per heavy atom. The van der Waals surface area contributed by atoms with Crippen LogP contribution >= 0.6 is 0 Å². The molecule has 2 rings (SSSR count). The van der Waals surface area contributed by atoms with E-state index in [0.29, 0.717) is 5.92 Å². The van der Waals surface area contributed by atoms with Crippen molar-refractivity contribution >= 4 is 0 Å². The van der Waals surface area contributed by atoms with Crippen molar-refractivity contribution < 1.29 is 5.11 Å². The lowest BCUT2D eigenvalue weighted by atomic mass is 9.92. The monoisotopic (exact) mass is 244 g/mol. The van der Waals surface area contributed by atoms with E-state index in [-0.39, 0.29) is 6.10 Å². The van der Waals surface area contributed by atoms with Gasteiger partial charge in [0.1, 0.15) is 0 Å². The minimum absolute atomic E-state index is 0.186. The van der Waals surface area contributed by atoms with Gasteiger partial charge in [-0.05, 0) is 56.5 Å². The fourth-order valence-corrected chi connectivity index (χ4v) is 2.59. The maximum Gasteiger partial charge on any atom is 0.0991 e. The zero-order valence-corrected chi connectivity index (χ0v) is 10.8. The Balaban J connectivity index is 1.90. The van der Waals surface area contributed by atoms with Gasteiger partial charge in [-0.25, -0.2) is 0 Å². The third kappa shape index (κ3) is 3.32. The number of aliphatic hydroxyl groups excluding tert-OH is 1. The van der Waals surface area contributed by atoms with Crippen LogP contribution in [-0.2, 0) is 6.54 Å². The third-order valence-corrected chi connectivity index (χ3v) is 3.78. The molecule has 1 atom stereocenters. The normalized spacial score (nSPS) is 19.4. The number of rotatable bonds is 3. The standard InChI is InChI=1S/C15H20N2O/c1-12(18)15-5-7-17(8-6-15)11-14-4-2-3-13(9-14)10-16/h2-4,9,12,15,18H,5-8,11H2,1H3/t12-/m1/s1. The maximum atomic E-state index is 9.57. The first-order valence-electron chi connectivity index (χ1n) is 6.58. The van der Waals surface area contributed by atoms with Crippen LogP contribution in [0.3, 0.4) is 0 Å². The highest BCUT2D eigenvalue weighted by molar-refractivity contribution is 5.32. The Kier molecular flexibility index (Phi) is 4.35. The first kappa shape index (κ1) is 13.1. The first-order valence-corrected chi connectivity index (χ1v) is 6.58. The molecule has 0 aliphatic carbocycles. The summed E-state index contributed by atoms with van der Waals surface area (Å²) in [5.41, 5.74) is 1.93. The van der Waals surface area contributed by atoms with Gasteiger partial charge >= 0.3 is 0 Å². The summed E-state index contributed by atoms with van der Waals surface area (Å²) in [5.74, 6) is 0.451. The van der Waals surface area contributed by atoms with E-state index in [1.807, 2.05) is 25.1 Å². The average Bonchev–Trinajstić information content (AvgIpc) is 2.39. The fraction of sp³-hybridized carbons (Fsp3) is 0.533. The van der Waals surface area contributed by atoms with Gasteiger partial charge in [0.25, 0.3) is 0 Å². The van der Waals surface area contributed by atoms with Crippen molar-refractivity contribution in [2.45, 2.75) is 32.4 Å². The molecule has 0 spiro atoms. The summed E-state index contributed by atoms with van der Waals surface area (Å²) >= 11 is 0. The van der Waals surface area contributed by atoms with E-state index in [2.05, 4.69) is 17.0 Å². The van der Waals surface area contributed by atoms with E-state index in [0.717, 1.165) is 38.0 Å². The van der Waals surface area contributed by atoms with Crippen LogP contribution in [0.15, 0.2) is 24.3 Å². The fourth-order valence-electron chi connectivity index (χ4n) is 2.59. The van der Waals surface area contributed by atoms with Crippen molar-refractivity contribution in [3.8, 4) is 6.07 Å². The van der Waals surface area contributed by atoms with Gasteiger partial charge in [0.2, 0.25) is 0 Å². The molecule has 0 unspecified atom stereocenters. The van der Waals surface area contributed by atoms with Gasteiger partial charge < -0.3 is 5.11 Å². The summed E-state index contributed by atoms with van der Waals surface area (Å²) in [6.07, 6.45) is 1.94. The van der Waals surface area contributed by atoms with E-state index in [1.165, 1.54) is 5.56 Å². The molecular formula is C15H20N2O. The second-order valence-corrected chi connectivity index (χ2v) is 5.17. The lowest BCUT2D eigenvalue weighted by molar-refractivity contribution is 0.0695. The molecule has 1 aliphatic heterocycles. The molecule has 0 saturated carbocycles. The van der Waals surface area contributed by atoms with Gasteiger partial charge in [-0.2, -0.15) is 5.26 Å². The van der Waals surface area contributed by atoms with Crippen LogP contribution < -0.4 is 0 Å². The summed E-state index contributed by atoms with van der Waals surface area (Å²) in [6, 6.07) is 9.98. The number of hydrogen-bond donors (Lipinski definition) is 1. The molecule has 0 amide bonds. The third-order valence-electron chi connectivity index (χ3n) is 3.78. The van der Waals surface area contributed by atoms with Crippen molar-refractivity contribution in [1.29, 1.82) is 5.26 Å². The average molecular weight is 244 g/mol. The minimum atomic E-state index is -0.186. The number of piperidine rings is 1. The Morgan fingerprint density at radius 1 is 1.44 bits per heavy atom. The van der Waals surface area contributed by atoms with Crippen LogP contribution in [-0.4, -0.2) is 29.2 Å². The van der Waals surface area contributed by atoms with Gasteiger partial charge in [-0.3, -0.25) is 4.90 Å². The van der Waals surface area contributed by atoms with Crippen LogP contribution in [0.2, 0.25) is 0 Å². The Labute approximate surface area is 109 Å². The molecule has 3 nitrogen and oxygen atoms in total. The summed E-state index contributed by atoms with van der Waals surface area (Å²) in [4.78, 5) is 2.40. The predicted molar refractivity (Wildman–Crippen MR) is 70.8 cm³/mol. The molecule has 1 aliphatic rings. The Bertz CT molecular complexity index is 428. The van der Waals surface area contributed by atoms with E-state index in [9.17, 15) is 5.11 Å². The summed E-state index contributed by atoms with van der Waals surface area (Å²) < 4.78 is 0. The second kappa shape index (κ2) is 5.99. The van der Waals surface area contributed by atoms with Gasteiger partial charge in [0, 0.05) is 6.54 Å². The zero-order valence-electron chi connectivity index (χ0n) is 10.8. The molecule has 1 heterocycles. The van der Waals surface area contributed by atoms with E-state index in [1.54, 1.807) is 0 Å². The molecule has 1 aromatic rings. The van der Waals surface area contributed by atoms with Crippen molar-refractivity contribution in [3.63, 3.8) is 0 Å². The van der Waals surface area contributed by atoms with Gasteiger partial charge in [0.15, 0.2) is 0 Å². The van der Waals surface area contributed by atoms with Crippen molar-refractivity contribution in [2.24, 2.45) is 5.92 Å². The molecular weight excluding hydrogens is 224 g/mol. The molecule has 3 heteroatoms. The maximum absolute atomic E-state index is 9.57. The quantitative estimate of drug-likeness (QED) is 0.886. The molecule has 0 radical (unpaired) electrons. The van der Waals surface area contributed by atoms with Gasteiger partial charge in [-0.15, -0.1) is 0 Å². The highest BCUT2D eigenvalue weighted by atomic mass is 16.3. The van der Waals surface area contributed by atoms with E-state index < -0.39 is 0 Å². The molecule has 1 saturated heterocycles. The summed E-state index contributed by atoms with van der Waals surface area (Å²) in [7, 11) is 0. The molecule has 18 heavy (non-hydrogen) atoms. The topological polar surface area (TPSA) is 47.3 Å². The smallest absolute Gasteiger partial charge is 0.0991 e. The van der Waals surface area contributed by atoms with Crippen LogP contribution in [0, 0.1) is 17.2 Å². The zero-order chi connectivity index (χ0) is 13.0. The lowest BCUT2D eigenvalue weighted by Crippen LogP contribution is -2.36. The highest BCUT2D eigenvalue weighted by Gasteiger charge is 2.22. The van der Waals surface area contributed by atoms with Crippen LogP contribution in [0.1, 0.15) is 30.9 Å². The van der Waals surface area contributed by atoms with E-state index in [4.69, 9.17) is 5.26 Å². The lowest BCUT2D eigenvalue weighted by Gasteiger charge is -2.33. The van der Waals surface area contributed by atoms with Gasteiger partial charge in [0.05, 0.1) is 17.7 Å². The van der Waals surface area contributed by atoms with E-state index >= 15 is 0 Å². The Morgan fingerprint density at radius 3 is 2.78 bits per heavy atom. The molecule has 1 fully saturated rings. The first-order chi connectivity index (χ1) is 8.69. The van der Waals surface area contributed by atoms with Crippen molar-refractivity contribution in [1.82, 2.24) is 4.90 Å². The van der Waals surface area contributed by atoms with Crippen molar-refractivity contribution in [2.75, 3.05) is 13.1 Å². The van der Waals surface area contributed by atoms with Crippen LogP contribution in [0.4, 0.5) is 0 Å². The number of aliphatic hydroxyl groups is 1.